The molecule has 0 bridgehead atoms. The normalized spacial score (nSPS) is 10.6. The lowest BCUT2D eigenvalue weighted by atomic mass is 10.0. The maximum absolute atomic E-state index is 12.0. The van der Waals surface area contributed by atoms with Gasteiger partial charge < -0.3 is 4.74 Å². The molecule has 2 rings (SSSR count). The number of esters is 1. The van der Waals surface area contributed by atoms with Crippen LogP contribution in [0.4, 0.5) is 0 Å². The number of hydrogen-bond acceptors (Lipinski definition) is 3. The van der Waals surface area contributed by atoms with Crippen LogP contribution in [0.25, 0.3) is 0 Å². The van der Waals surface area contributed by atoms with E-state index in [1.54, 1.807) is 24.3 Å². The Bertz CT molecular complexity index is 684. The fraction of sp³-hybridized carbons (Fsp3) is 0.300. The van der Waals surface area contributed by atoms with E-state index in [-0.39, 0.29) is 18.2 Å². The molecule has 23 heavy (non-hydrogen) atoms. The Morgan fingerprint density at radius 3 is 2.26 bits per heavy atom. The van der Waals surface area contributed by atoms with Crippen LogP contribution in [0.15, 0.2) is 48.5 Å². The topological polar surface area (TPSA) is 43.4 Å². The first kappa shape index (κ1) is 16.9. The smallest absolute Gasteiger partial charge is 0.315 e. The summed E-state index contributed by atoms with van der Waals surface area (Å²) < 4.78 is 5.31. The third-order valence-electron chi connectivity index (χ3n) is 3.49. The zero-order valence-corrected chi connectivity index (χ0v) is 13.8. The molecule has 0 saturated heterocycles. The van der Waals surface area contributed by atoms with Gasteiger partial charge in [0.15, 0.2) is 5.78 Å². The molecule has 3 heteroatoms. The average molecular weight is 310 g/mol. The lowest BCUT2D eigenvalue weighted by molar-refractivity contribution is -0.133. The Hall–Kier alpha value is -2.42. The summed E-state index contributed by atoms with van der Waals surface area (Å²) in [6, 6.07) is 14.7. The van der Waals surface area contributed by atoms with Crippen molar-refractivity contribution in [3.8, 4) is 5.75 Å². The molecule has 0 saturated carbocycles. The van der Waals surface area contributed by atoms with Crippen molar-refractivity contribution in [3.05, 3.63) is 65.2 Å². The molecule has 3 nitrogen and oxygen atoms in total. The number of ether oxygens (including phenoxy) is 1. The minimum Gasteiger partial charge on any atom is -0.426 e. The van der Waals surface area contributed by atoms with E-state index >= 15 is 0 Å². The molecule has 0 unspecified atom stereocenters. The summed E-state index contributed by atoms with van der Waals surface area (Å²) in [5, 5.41) is 0. The molecule has 0 amide bonds. The molecule has 0 aliphatic rings. The average Bonchev–Trinajstić information content (AvgIpc) is 2.49. The SMILES string of the molecule is CC(=O)c1cccc(OC(=O)Cc2ccc(CC(C)C)cc2)c1. The third-order valence-corrected chi connectivity index (χ3v) is 3.49. The second-order valence-electron chi connectivity index (χ2n) is 6.15. The van der Waals surface area contributed by atoms with Gasteiger partial charge in [-0.15, -0.1) is 0 Å². The van der Waals surface area contributed by atoms with Gasteiger partial charge in [0.1, 0.15) is 5.75 Å². The molecule has 0 aromatic heterocycles. The largest absolute Gasteiger partial charge is 0.426 e. The van der Waals surface area contributed by atoms with Gasteiger partial charge in [-0.25, -0.2) is 0 Å². The Labute approximate surface area is 137 Å². The number of Topliss-reactive ketones (excluding diaryl/α,β-unsaturated/α-hetero) is 1. The van der Waals surface area contributed by atoms with E-state index in [2.05, 4.69) is 26.0 Å². The molecule has 0 heterocycles. The molecule has 2 aromatic carbocycles. The van der Waals surface area contributed by atoms with Gasteiger partial charge >= 0.3 is 5.97 Å². The zero-order valence-electron chi connectivity index (χ0n) is 13.8. The summed E-state index contributed by atoms with van der Waals surface area (Å²) in [6.07, 6.45) is 1.24. The Morgan fingerprint density at radius 2 is 1.65 bits per heavy atom. The minimum atomic E-state index is -0.331. The molecule has 0 radical (unpaired) electrons. The maximum atomic E-state index is 12.0. The quantitative estimate of drug-likeness (QED) is 0.455. The van der Waals surface area contributed by atoms with Gasteiger partial charge in [-0.05, 0) is 42.5 Å². The van der Waals surface area contributed by atoms with E-state index in [0.717, 1.165) is 12.0 Å². The number of benzene rings is 2. The molecule has 120 valence electrons. The van der Waals surface area contributed by atoms with Crippen LogP contribution < -0.4 is 4.74 Å². The number of ketones is 1. The summed E-state index contributed by atoms with van der Waals surface area (Å²) in [5.74, 6) is 0.629. The van der Waals surface area contributed by atoms with Crippen LogP contribution in [0.1, 0.15) is 42.3 Å². The molecular weight excluding hydrogens is 288 g/mol. The molecular formula is C20H22O3. The molecule has 0 aliphatic heterocycles. The van der Waals surface area contributed by atoms with E-state index in [9.17, 15) is 9.59 Å². The summed E-state index contributed by atoms with van der Waals surface area (Å²) in [6.45, 7) is 5.85. The van der Waals surface area contributed by atoms with Crippen LogP contribution >= 0.6 is 0 Å². The Kier molecular flexibility index (Phi) is 5.69. The minimum absolute atomic E-state index is 0.0522. The van der Waals surface area contributed by atoms with Gasteiger partial charge in [0, 0.05) is 5.56 Å². The summed E-state index contributed by atoms with van der Waals surface area (Å²) in [7, 11) is 0. The second kappa shape index (κ2) is 7.73. The fourth-order valence-electron chi connectivity index (χ4n) is 2.38. The van der Waals surface area contributed by atoms with E-state index in [1.807, 2.05) is 12.1 Å². The number of hydrogen-bond donors (Lipinski definition) is 0. The Balaban J connectivity index is 1.96. The molecule has 0 atom stereocenters. The van der Waals surface area contributed by atoms with Gasteiger partial charge in [-0.2, -0.15) is 0 Å². The first-order valence-electron chi connectivity index (χ1n) is 7.83. The van der Waals surface area contributed by atoms with Crippen molar-refractivity contribution in [2.45, 2.75) is 33.6 Å². The van der Waals surface area contributed by atoms with E-state index in [0.29, 0.717) is 17.2 Å². The summed E-state index contributed by atoms with van der Waals surface area (Å²) >= 11 is 0. The molecule has 2 aromatic rings. The van der Waals surface area contributed by atoms with Crippen LogP contribution in [0.5, 0.6) is 5.75 Å². The van der Waals surface area contributed by atoms with E-state index in [1.165, 1.54) is 12.5 Å². The summed E-state index contributed by atoms with van der Waals surface area (Å²) in [4.78, 5) is 23.4. The predicted molar refractivity (Wildman–Crippen MR) is 90.8 cm³/mol. The molecule has 0 spiro atoms. The van der Waals surface area contributed by atoms with Gasteiger partial charge in [0.25, 0.3) is 0 Å². The van der Waals surface area contributed by atoms with Crippen LogP contribution in [0.2, 0.25) is 0 Å². The first-order valence-corrected chi connectivity index (χ1v) is 7.83. The van der Waals surface area contributed by atoms with Gasteiger partial charge in [0.05, 0.1) is 6.42 Å². The van der Waals surface area contributed by atoms with Crippen LogP contribution in [0, 0.1) is 5.92 Å². The van der Waals surface area contributed by atoms with Crippen molar-refractivity contribution in [2.75, 3.05) is 0 Å². The monoisotopic (exact) mass is 310 g/mol. The highest BCUT2D eigenvalue weighted by Gasteiger charge is 2.08. The number of carbonyl (C=O) groups excluding carboxylic acids is 2. The summed E-state index contributed by atoms with van der Waals surface area (Å²) in [5.41, 5.74) is 2.73. The van der Waals surface area contributed by atoms with E-state index in [4.69, 9.17) is 4.74 Å². The lowest BCUT2D eigenvalue weighted by Gasteiger charge is -2.07. The maximum Gasteiger partial charge on any atom is 0.315 e. The van der Waals surface area contributed by atoms with Crippen molar-refractivity contribution < 1.29 is 14.3 Å². The standard InChI is InChI=1S/C20H22O3/c1-14(2)11-16-7-9-17(10-8-16)12-20(22)23-19-6-4-5-18(13-19)15(3)21/h4-10,13-14H,11-12H2,1-3H3. The second-order valence-corrected chi connectivity index (χ2v) is 6.15. The van der Waals surface area contributed by atoms with Crippen LogP contribution in [-0.2, 0) is 17.6 Å². The fourth-order valence-corrected chi connectivity index (χ4v) is 2.38. The lowest BCUT2D eigenvalue weighted by Crippen LogP contribution is -2.11. The van der Waals surface area contributed by atoms with Crippen molar-refractivity contribution in [1.82, 2.24) is 0 Å². The molecule has 0 fully saturated rings. The highest BCUT2D eigenvalue weighted by Crippen LogP contribution is 2.15. The van der Waals surface area contributed by atoms with Crippen LogP contribution in [-0.4, -0.2) is 11.8 Å². The van der Waals surface area contributed by atoms with Gasteiger partial charge in [-0.3, -0.25) is 9.59 Å². The van der Waals surface area contributed by atoms with Gasteiger partial charge in [0.2, 0.25) is 0 Å². The van der Waals surface area contributed by atoms with Crippen molar-refractivity contribution in [3.63, 3.8) is 0 Å². The van der Waals surface area contributed by atoms with Crippen molar-refractivity contribution in [2.24, 2.45) is 5.92 Å². The van der Waals surface area contributed by atoms with Gasteiger partial charge in [-0.1, -0.05) is 50.2 Å². The first-order chi connectivity index (χ1) is 10.9. The highest BCUT2D eigenvalue weighted by atomic mass is 16.5. The zero-order chi connectivity index (χ0) is 16.8. The number of carbonyl (C=O) groups is 2. The predicted octanol–water partition coefficient (Wildman–Crippen LogP) is 4.24. The van der Waals surface area contributed by atoms with Crippen molar-refractivity contribution >= 4 is 11.8 Å². The molecule has 0 N–H and O–H groups in total. The molecule has 0 aliphatic carbocycles. The Morgan fingerprint density at radius 1 is 1.00 bits per heavy atom. The third kappa shape index (κ3) is 5.37. The van der Waals surface area contributed by atoms with E-state index < -0.39 is 0 Å². The van der Waals surface area contributed by atoms with Crippen molar-refractivity contribution in [1.29, 1.82) is 0 Å². The van der Waals surface area contributed by atoms with Crippen LogP contribution in [0.3, 0.4) is 0 Å². The highest BCUT2D eigenvalue weighted by molar-refractivity contribution is 5.94. The number of rotatable bonds is 6.